The summed E-state index contributed by atoms with van der Waals surface area (Å²) in [7, 11) is 0. The summed E-state index contributed by atoms with van der Waals surface area (Å²) in [5.41, 5.74) is 0.272. The van der Waals surface area contributed by atoms with Crippen LogP contribution in [0.25, 0.3) is 0 Å². The van der Waals surface area contributed by atoms with E-state index in [1.165, 1.54) is 34.9 Å². The number of carboxylic acids is 1. The van der Waals surface area contributed by atoms with Crippen LogP contribution in [-0.2, 0) is 0 Å². The van der Waals surface area contributed by atoms with Gasteiger partial charge in [-0.15, -0.1) is 34.9 Å². The molecular formula is C8H7O3S3-. The molecular weight excluding hydrogens is 240 g/mol. The first-order valence-corrected chi connectivity index (χ1v) is 6.83. The number of thioether (sulfide) groups is 2. The molecule has 3 nitrogen and oxygen atoms in total. The van der Waals surface area contributed by atoms with Crippen LogP contribution in [0.3, 0.4) is 0 Å². The average Bonchev–Trinajstić information content (AvgIpc) is 2.54. The summed E-state index contributed by atoms with van der Waals surface area (Å²) in [5, 5.41) is 10.8. The molecule has 6 heteroatoms. The zero-order valence-corrected chi connectivity index (χ0v) is 9.98. The number of carboxylic acid groups (broad SMARTS) is 1. The van der Waals surface area contributed by atoms with E-state index in [-0.39, 0.29) is 11.1 Å². The second-order valence-electron chi connectivity index (χ2n) is 2.28. The number of aldehydes is 1. The summed E-state index contributed by atoms with van der Waals surface area (Å²) in [6.45, 7) is 0. The lowest BCUT2D eigenvalue weighted by molar-refractivity contribution is -0.255. The van der Waals surface area contributed by atoms with Crippen molar-refractivity contribution in [1.29, 1.82) is 0 Å². The smallest absolute Gasteiger partial charge is 0.152 e. The van der Waals surface area contributed by atoms with Gasteiger partial charge in [0.1, 0.15) is 0 Å². The van der Waals surface area contributed by atoms with Gasteiger partial charge in [0.15, 0.2) is 6.29 Å². The van der Waals surface area contributed by atoms with Crippen LogP contribution in [0.15, 0.2) is 8.42 Å². The summed E-state index contributed by atoms with van der Waals surface area (Å²) in [6, 6.07) is 0. The Labute approximate surface area is 93.9 Å². The fraction of sp³-hybridized carbons (Fsp3) is 0.250. The van der Waals surface area contributed by atoms with Crippen molar-refractivity contribution in [3.05, 3.63) is 11.1 Å². The second kappa shape index (κ2) is 4.86. The van der Waals surface area contributed by atoms with Gasteiger partial charge in [0.05, 0.1) is 14.4 Å². The molecule has 0 atom stereocenters. The Balaban J connectivity index is 3.40. The molecule has 1 aromatic heterocycles. The number of thiophene rings is 1. The first-order chi connectivity index (χ1) is 6.65. The molecule has 1 rings (SSSR count). The van der Waals surface area contributed by atoms with Gasteiger partial charge in [0, 0.05) is 11.1 Å². The Morgan fingerprint density at radius 2 is 1.93 bits per heavy atom. The molecule has 0 aliphatic heterocycles. The zero-order chi connectivity index (χ0) is 10.7. The van der Waals surface area contributed by atoms with Gasteiger partial charge in [0.2, 0.25) is 0 Å². The number of hydrogen-bond donors (Lipinski definition) is 0. The van der Waals surface area contributed by atoms with Crippen LogP contribution in [0, 0.1) is 0 Å². The maximum atomic E-state index is 10.8. The number of rotatable bonds is 4. The van der Waals surface area contributed by atoms with Gasteiger partial charge in [-0.25, -0.2) is 0 Å². The van der Waals surface area contributed by atoms with Gasteiger partial charge in [-0.3, -0.25) is 4.79 Å². The van der Waals surface area contributed by atoms with E-state index in [9.17, 15) is 14.7 Å². The SMILES string of the molecule is CSc1sc(SC)c(C(=O)[O-])c1C=O. The van der Waals surface area contributed by atoms with E-state index in [0.717, 1.165) is 4.21 Å². The van der Waals surface area contributed by atoms with Gasteiger partial charge < -0.3 is 9.90 Å². The number of aromatic carboxylic acids is 1. The van der Waals surface area contributed by atoms with E-state index >= 15 is 0 Å². The summed E-state index contributed by atoms with van der Waals surface area (Å²) in [4.78, 5) is 21.5. The molecule has 1 heterocycles. The lowest BCUT2D eigenvalue weighted by Gasteiger charge is -2.02. The molecule has 76 valence electrons. The Morgan fingerprint density at radius 3 is 2.29 bits per heavy atom. The highest BCUT2D eigenvalue weighted by atomic mass is 32.2. The van der Waals surface area contributed by atoms with E-state index < -0.39 is 5.97 Å². The van der Waals surface area contributed by atoms with Crippen molar-refractivity contribution >= 4 is 47.1 Å². The maximum Gasteiger partial charge on any atom is 0.152 e. The highest BCUT2D eigenvalue weighted by molar-refractivity contribution is 8.02. The molecule has 0 amide bonds. The summed E-state index contributed by atoms with van der Waals surface area (Å²) in [5.74, 6) is -1.28. The van der Waals surface area contributed by atoms with Crippen molar-refractivity contribution in [2.45, 2.75) is 8.42 Å². The van der Waals surface area contributed by atoms with Gasteiger partial charge in [-0.1, -0.05) is 0 Å². The normalized spacial score (nSPS) is 10.1. The van der Waals surface area contributed by atoms with Crippen LogP contribution in [0.2, 0.25) is 0 Å². The van der Waals surface area contributed by atoms with Crippen LogP contribution < -0.4 is 5.11 Å². The molecule has 0 aromatic carbocycles. The maximum absolute atomic E-state index is 10.8. The molecule has 14 heavy (non-hydrogen) atoms. The molecule has 0 bridgehead atoms. The third kappa shape index (κ3) is 1.97. The van der Waals surface area contributed by atoms with E-state index in [1.54, 1.807) is 6.26 Å². The zero-order valence-electron chi connectivity index (χ0n) is 7.53. The van der Waals surface area contributed by atoms with Crippen LogP contribution in [-0.4, -0.2) is 24.8 Å². The highest BCUT2D eigenvalue weighted by Crippen LogP contribution is 2.38. The first-order valence-electron chi connectivity index (χ1n) is 3.57. The quantitative estimate of drug-likeness (QED) is 0.594. The molecule has 0 saturated carbocycles. The van der Waals surface area contributed by atoms with Crippen molar-refractivity contribution in [2.24, 2.45) is 0 Å². The van der Waals surface area contributed by atoms with E-state index in [0.29, 0.717) is 10.5 Å². The number of hydrogen-bond acceptors (Lipinski definition) is 6. The van der Waals surface area contributed by atoms with Crippen LogP contribution in [0.5, 0.6) is 0 Å². The topological polar surface area (TPSA) is 57.2 Å². The van der Waals surface area contributed by atoms with Gasteiger partial charge in [0.25, 0.3) is 0 Å². The van der Waals surface area contributed by atoms with E-state index in [4.69, 9.17) is 0 Å². The van der Waals surface area contributed by atoms with Crippen molar-refractivity contribution in [3.8, 4) is 0 Å². The molecule has 0 unspecified atom stereocenters. The van der Waals surface area contributed by atoms with Gasteiger partial charge >= 0.3 is 0 Å². The number of carbonyl (C=O) groups excluding carboxylic acids is 2. The molecule has 1 aromatic rings. The standard InChI is InChI=1S/C8H8O3S3/c1-12-7-4(3-9)5(6(10)11)8(13-2)14-7/h3H,1-2H3,(H,10,11)/p-1. The number of carbonyl (C=O) groups is 2. The largest absolute Gasteiger partial charge is 0.545 e. The minimum Gasteiger partial charge on any atom is -0.545 e. The van der Waals surface area contributed by atoms with Crippen molar-refractivity contribution in [3.63, 3.8) is 0 Å². The third-order valence-electron chi connectivity index (χ3n) is 1.57. The molecule has 0 saturated heterocycles. The van der Waals surface area contributed by atoms with E-state index in [2.05, 4.69) is 0 Å². The fourth-order valence-corrected chi connectivity index (χ4v) is 3.81. The van der Waals surface area contributed by atoms with Gasteiger partial charge in [-0.05, 0) is 12.5 Å². The van der Waals surface area contributed by atoms with Crippen LogP contribution in [0.1, 0.15) is 20.7 Å². The van der Waals surface area contributed by atoms with Crippen molar-refractivity contribution in [1.82, 2.24) is 0 Å². The lowest BCUT2D eigenvalue weighted by atomic mass is 10.2. The average molecular weight is 247 g/mol. The predicted octanol–water partition coefficient (Wildman–Crippen LogP) is 1.37. The molecule has 0 radical (unpaired) electrons. The summed E-state index contributed by atoms with van der Waals surface area (Å²) >= 11 is 4.00. The van der Waals surface area contributed by atoms with Crippen molar-refractivity contribution < 1.29 is 14.7 Å². The molecule has 0 spiro atoms. The predicted molar refractivity (Wildman–Crippen MR) is 57.6 cm³/mol. The molecule has 0 aliphatic rings. The Hall–Kier alpha value is -0.460. The van der Waals surface area contributed by atoms with Gasteiger partial charge in [-0.2, -0.15) is 0 Å². The van der Waals surface area contributed by atoms with Crippen LogP contribution >= 0.6 is 34.9 Å². The molecule has 0 N–H and O–H groups in total. The Bertz CT molecular complexity index is 370. The minimum atomic E-state index is -1.28. The molecule has 0 fully saturated rings. The minimum absolute atomic E-state index is 0.0295. The third-order valence-corrected chi connectivity index (χ3v) is 5.03. The monoisotopic (exact) mass is 247 g/mol. The summed E-state index contributed by atoms with van der Waals surface area (Å²) in [6.07, 6.45) is 4.16. The van der Waals surface area contributed by atoms with E-state index in [1.807, 2.05) is 6.26 Å². The fourth-order valence-electron chi connectivity index (χ4n) is 0.998. The summed E-state index contributed by atoms with van der Waals surface area (Å²) < 4.78 is 1.35. The first kappa shape index (κ1) is 11.6. The Morgan fingerprint density at radius 1 is 1.36 bits per heavy atom. The Kier molecular flexibility index (Phi) is 4.03. The second-order valence-corrected chi connectivity index (χ2v) is 5.45. The highest BCUT2D eigenvalue weighted by Gasteiger charge is 2.17. The van der Waals surface area contributed by atoms with Crippen molar-refractivity contribution in [2.75, 3.05) is 12.5 Å². The lowest BCUT2D eigenvalue weighted by Crippen LogP contribution is -2.23. The molecule has 0 aliphatic carbocycles. The van der Waals surface area contributed by atoms with Crippen LogP contribution in [0.4, 0.5) is 0 Å².